The number of aromatic nitrogens is 1. The molecule has 2 heterocycles. The summed E-state index contributed by atoms with van der Waals surface area (Å²) in [5.74, 6) is -4.64. The molecule has 2 rings (SSSR count). The first-order chi connectivity index (χ1) is 12.9. The molecular weight excluding hydrogens is 422 g/mol. The molecule has 28 heavy (non-hydrogen) atoms. The maximum absolute atomic E-state index is 12.5. The van der Waals surface area contributed by atoms with E-state index in [4.69, 9.17) is 21.8 Å². The molecule has 0 aromatic carbocycles. The molecule has 15 nitrogen and oxygen atoms in total. The van der Waals surface area contributed by atoms with Crippen molar-refractivity contribution in [2.24, 2.45) is 16.6 Å². The first-order valence-corrected chi connectivity index (χ1v) is 9.31. The van der Waals surface area contributed by atoms with Gasteiger partial charge in [0.25, 0.3) is 17.7 Å². The van der Waals surface area contributed by atoms with Crippen LogP contribution in [0, 0.1) is 0 Å². The molecule has 152 valence electrons. The van der Waals surface area contributed by atoms with Crippen molar-refractivity contribution in [3.63, 3.8) is 0 Å². The van der Waals surface area contributed by atoms with Crippen molar-refractivity contribution < 1.29 is 37.0 Å². The number of carbonyl (C=O) groups excluding carboxylic acids is 4. The fourth-order valence-corrected chi connectivity index (χ4v) is 3.51. The normalized spacial score (nSPS) is 19.7. The van der Waals surface area contributed by atoms with Crippen LogP contribution in [0.2, 0.25) is 0 Å². The van der Waals surface area contributed by atoms with Gasteiger partial charge in [0, 0.05) is 5.38 Å². The molecule has 0 radical (unpaired) electrons. The summed E-state index contributed by atoms with van der Waals surface area (Å²) in [7, 11) is -5.07. The Morgan fingerprint density at radius 2 is 2.04 bits per heavy atom. The minimum absolute atomic E-state index is 0.0534. The van der Waals surface area contributed by atoms with Gasteiger partial charge in [-0.2, -0.15) is 12.7 Å². The highest BCUT2D eigenvalue weighted by Crippen LogP contribution is 2.23. The Kier molecular flexibility index (Phi) is 5.81. The third kappa shape index (κ3) is 4.32. The summed E-state index contributed by atoms with van der Waals surface area (Å²) in [6.07, 6.45) is 0. The number of nitrogens with zero attached hydrogens (tertiary/aromatic N) is 3. The standard InChI is InChI=1S/C11H13N7O8S2/c12-4(19)1-26-17-5(3-2-27-11(14)15-3)9(21)16-6-7(8(13)20)18(10(6)22)28(23,24)25/h2,6-7H,1H2,(H2,12,19)(H2,13,20)(H2,14,15)(H,16,21)(H,23,24,25)/b17-5-/t6-,7?/m0/s1. The Balaban J connectivity index is 2.26. The van der Waals surface area contributed by atoms with Gasteiger partial charge in [-0.1, -0.05) is 5.16 Å². The van der Waals surface area contributed by atoms with Gasteiger partial charge < -0.3 is 27.4 Å². The van der Waals surface area contributed by atoms with E-state index in [1.54, 1.807) is 0 Å². The van der Waals surface area contributed by atoms with Gasteiger partial charge in [0.2, 0.25) is 5.91 Å². The number of nitrogen functional groups attached to an aromatic ring is 1. The van der Waals surface area contributed by atoms with Crippen molar-refractivity contribution in [3.05, 3.63) is 11.1 Å². The highest BCUT2D eigenvalue weighted by atomic mass is 32.2. The molecule has 0 spiro atoms. The lowest BCUT2D eigenvalue weighted by atomic mass is 9.98. The molecule has 1 aliphatic heterocycles. The van der Waals surface area contributed by atoms with Gasteiger partial charge in [0.05, 0.1) is 0 Å². The molecular formula is C11H13N7O8S2. The van der Waals surface area contributed by atoms with Crippen molar-refractivity contribution in [1.29, 1.82) is 0 Å². The zero-order valence-corrected chi connectivity index (χ0v) is 15.3. The van der Waals surface area contributed by atoms with E-state index in [0.717, 1.165) is 11.3 Å². The summed E-state index contributed by atoms with van der Waals surface area (Å²) in [4.78, 5) is 54.9. The molecule has 8 N–H and O–H groups in total. The van der Waals surface area contributed by atoms with Gasteiger partial charge in [0.15, 0.2) is 23.5 Å². The Labute approximate surface area is 160 Å². The molecule has 1 aromatic heterocycles. The number of nitrogens with one attached hydrogen (secondary N) is 1. The first kappa shape index (κ1) is 21.0. The minimum atomic E-state index is -5.07. The van der Waals surface area contributed by atoms with E-state index in [9.17, 15) is 27.6 Å². The SMILES string of the molecule is NC(=O)CO/N=C(\C(=O)N[C@@H]1C(=O)N(S(=O)(=O)O)C1C(N)=O)c1csc(N)n1. The van der Waals surface area contributed by atoms with Crippen molar-refractivity contribution in [2.75, 3.05) is 12.3 Å². The van der Waals surface area contributed by atoms with Gasteiger partial charge in [-0.15, -0.1) is 11.3 Å². The molecule has 1 fully saturated rings. The van der Waals surface area contributed by atoms with Crippen LogP contribution >= 0.6 is 11.3 Å². The van der Waals surface area contributed by atoms with Crippen LogP contribution in [0.4, 0.5) is 5.13 Å². The number of amides is 4. The Bertz CT molecular complexity index is 971. The fourth-order valence-electron chi connectivity index (χ4n) is 2.11. The smallest absolute Gasteiger partial charge is 0.363 e. The third-order valence-electron chi connectivity index (χ3n) is 3.22. The molecule has 1 saturated heterocycles. The maximum atomic E-state index is 12.5. The largest absolute Gasteiger partial charge is 0.385 e. The van der Waals surface area contributed by atoms with Gasteiger partial charge in [0.1, 0.15) is 11.7 Å². The van der Waals surface area contributed by atoms with Crippen LogP contribution in [0.3, 0.4) is 0 Å². The predicted octanol–water partition coefficient (Wildman–Crippen LogP) is -4.08. The molecule has 17 heteroatoms. The summed E-state index contributed by atoms with van der Waals surface area (Å²) in [5.41, 5.74) is 14.7. The van der Waals surface area contributed by atoms with Crippen molar-refractivity contribution >= 4 is 56.1 Å². The van der Waals surface area contributed by atoms with Crippen LogP contribution in [-0.2, 0) is 34.3 Å². The number of hydrogen-bond donors (Lipinski definition) is 5. The Hall–Kier alpha value is -3.31. The van der Waals surface area contributed by atoms with E-state index in [1.807, 2.05) is 5.32 Å². The number of carbonyl (C=O) groups is 4. The van der Waals surface area contributed by atoms with E-state index in [-0.39, 0.29) is 15.1 Å². The lowest BCUT2D eigenvalue weighted by Gasteiger charge is -2.41. The quantitative estimate of drug-likeness (QED) is 0.114. The van der Waals surface area contributed by atoms with Crippen molar-refractivity contribution in [2.45, 2.75) is 12.1 Å². The second-order valence-electron chi connectivity index (χ2n) is 5.16. The third-order valence-corrected chi connectivity index (χ3v) is 4.80. The van der Waals surface area contributed by atoms with E-state index in [0.29, 0.717) is 0 Å². The Morgan fingerprint density at radius 1 is 1.39 bits per heavy atom. The highest BCUT2D eigenvalue weighted by molar-refractivity contribution is 7.84. The zero-order valence-electron chi connectivity index (χ0n) is 13.6. The van der Waals surface area contributed by atoms with Crippen LogP contribution in [0.5, 0.6) is 0 Å². The van der Waals surface area contributed by atoms with E-state index in [2.05, 4.69) is 15.0 Å². The van der Waals surface area contributed by atoms with Gasteiger partial charge >= 0.3 is 10.3 Å². The summed E-state index contributed by atoms with van der Waals surface area (Å²) < 4.78 is 31.1. The van der Waals surface area contributed by atoms with E-state index in [1.165, 1.54) is 5.38 Å². The second-order valence-corrected chi connectivity index (χ2v) is 7.34. The van der Waals surface area contributed by atoms with Gasteiger partial charge in [-0.25, -0.2) is 4.98 Å². The predicted molar refractivity (Wildman–Crippen MR) is 91.5 cm³/mol. The first-order valence-electron chi connectivity index (χ1n) is 7.04. The number of thiazole rings is 1. The van der Waals surface area contributed by atoms with Crippen LogP contribution in [-0.4, -0.2) is 70.3 Å². The number of oxime groups is 1. The summed E-state index contributed by atoms with van der Waals surface area (Å²) in [6, 6.07) is -3.57. The highest BCUT2D eigenvalue weighted by Gasteiger charge is 2.57. The fraction of sp³-hybridized carbons (Fsp3) is 0.273. The van der Waals surface area contributed by atoms with Crippen LogP contribution in [0.1, 0.15) is 5.69 Å². The van der Waals surface area contributed by atoms with Crippen LogP contribution in [0.15, 0.2) is 10.5 Å². The number of primary amides is 2. The summed E-state index contributed by atoms with van der Waals surface area (Å²) in [5, 5.41) is 6.80. The monoisotopic (exact) mass is 435 g/mol. The minimum Gasteiger partial charge on any atom is -0.385 e. The van der Waals surface area contributed by atoms with E-state index < -0.39 is 58.3 Å². The lowest BCUT2D eigenvalue weighted by molar-refractivity contribution is -0.150. The molecule has 4 amide bonds. The lowest BCUT2D eigenvalue weighted by Crippen LogP contribution is -2.75. The number of rotatable bonds is 8. The summed E-state index contributed by atoms with van der Waals surface area (Å²) in [6.45, 7) is -0.681. The average Bonchev–Trinajstić information content (AvgIpc) is 2.97. The second kappa shape index (κ2) is 7.74. The van der Waals surface area contributed by atoms with Crippen LogP contribution in [0.25, 0.3) is 0 Å². The molecule has 0 aliphatic carbocycles. The maximum Gasteiger partial charge on any atom is 0.363 e. The molecule has 1 unspecified atom stereocenters. The Morgan fingerprint density at radius 3 is 2.50 bits per heavy atom. The molecule has 1 aliphatic rings. The topological polar surface area (TPSA) is 250 Å². The zero-order chi connectivity index (χ0) is 21.2. The molecule has 1 aromatic rings. The molecule has 2 atom stereocenters. The summed E-state index contributed by atoms with van der Waals surface area (Å²) >= 11 is 0.935. The number of nitrogens with two attached hydrogens (primary N) is 3. The molecule has 0 saturated carbocycles. The van der Waals surface area contributed by atoms with Crippen LogP contribution < -0.4 is 22.5 Å². The number of hydrogen-bond acceptors (Lipinski definition) is 11. The average molecular weight is 435 g/mol. The van der Waals surface area contributed by atoms with Gasteiger partial charge in [-0.05, 0) is 0 Å². The van der Waals surface area contributed by atoms with Crippen molar-refractivity contribution in [1.82, 2.24) is 14.6 Å². The molecule has 0 bridgehead atoms. The number of anilines is 1. The van der Waals surface area contributed by atoms with E-state index >= 15 is 0 Å². The van der Waals surface area contributed by atoms with Gasteiger partial charge in [-0.3, -0.25) is 23.7 Å². The number of β-lactam (4-membered cyclic amide) rings is 1. The van der Waals surface area contributed by atoms with Crippen molar-refractivity contribution in [3.8, 4) is 0 Å².